The second-order valence-electron chi connectivity index (χ2n) is 3.84. The molecular weight excluding hydrogens is 234 g/mol. The normalized spacial score (nSPS) is 10.3. The lowest BCUT2D eigenvalue weighted by molar-refractivity contribution is 0.0999. The van der Waals surface area contributed by atoms with Crippen LogP contribution < -0.4 is 17.0 Å². The Morgan fingerprint density at radius 3 is 2.61 bits per heavy atom. The number of hydrogen-bond donors (Lipinski definition) is 2. The highest BCUT2D eigenvalue weighted by Gasteiger charge is 2.07. The van der Waals surface area contributed by atoms with Crippen LogP contribution in [0.15, 0.2) is 40.1 Å². The fourth-order valence-electron chi connectivity index (χ4n) is 1.65. The van der Waals surface area contributed by atoms with E-state index in [9.17, 15) is 14.4 Å². The maximum absolute atomic E-state index is 11.6. The van der Waals surface area contributed by atoms with E-state index in [1.54, 1.807) is 19.1 Å². The zero-order valence-electron chi connectivity index (χ0n) is 9.64. The smallest absolute Gasteiger partial charge is 0.332 e. The van der Waals surface area contributed by atoms with Crippen molar-refractivity contribution in [2.24, 2.45) is 5.73 Å². The average molecular weight is 245 g/mol. The van der Waals surface area contributed by atoms with Gasteiger partial charge >= 0.3 is 5.69 Å². The maximum Gasteiger partial charge on any atom is 0.332 e. The number of aryl methyl sites for hydroxylation is 1. The van der Waals surface area contributed by atoms with Crippen LogP contribution in [0.4, 0.5) is 0 Å². The largest absolute Gasteiger partial charge is 0.366 e. The lowest BCUT2D eigenvalue weighted by Crippen LogP contribution is -2.27. The van der Waals surface area contributed by atoms with E-state index in [1.165, 1.54) is 22.9 Å². The zero-order valence-corrected chi connectivity index (χ0v) is 9.64. The van der Waals surface area contributed by atoms with Crippen molar-refractivity contribution < 1.29 is 4.79 Å². The van der Waals surface area contributed by atoms with Gasteiger partial charge in [0.15, 0.2) is 0 Å². The highest BCUT2D eigenvalue weighted by atomic mass is 16.2. The van der Waals surface area contributed by atoms with E-state index >= 15 is 0 Å². The monoisotopic (exact) mass is 245 g/mol. The Morgan fingerprint density at radius 2 is 2.00 bits per heavy atom. The van der Waals surface area contributed by atoms with E-state index in [4.69, 9.17) is 5.73 Å². The fraction of sp³-hybridized carbons (Fsp3) is 0.0833. The third-order valence-electron chi connectivity index (χ3n) is 2.59. The summed E-state index contributed by atoms with van der Waals surface area (Å²) in [5.41, 5.74) is 5.73. The first-order chi connectivity index (χ1) is 8.49. The number of hydrogen-bond acceptors (Lipinski definition) is 3. The molecule has 6 heteroatoms. The van der Waals surface area contributed by atoms with Crippen molar-refractivity contribution in [2.45, 2.75) is 6.92 Å². The van der Waals surface area contributed by atoms with Crippen molar-refractivity contribution in [1.29, 1.82) is 0 Å². The molecule has 0 saturated carbocycles. The number of rotatable bonds is 2. The van der Waals surface area contributed by atoms with E-state index in [2.05, 4.69) is 4.98 Å². The molecular formula is C12H11N3O3. The molecule has 0 spiro atoms. The van der Waals surface area contributed by atoms with E-state index in [0.717, 1.165) is 5.56 Å². The summed E-state index contributed by atoms with van der Waals surface area (Å²) in [6, 6.07) is 6.09. The van der Waals surface area contributed by atoms with Crippen LogP contribution >= 0.6 is 0 Å². The van der Waals surface area contributed by atoms with Crippen molar-refractivity contribution in [1.82, 2.24) is 9.55 Å². The van der Waals surface area contributed by atoms with E-state index in [-0.39, 0.29) is 0 Å². The van der Waals surface area contributed by atoms with Crippen LogP contribution in [0.3, 0.4) is 0 Å². The number of nitrogens with zero attached hydrogens (tertiary/aromatic N) is 1. The van der Waals surface area contributed by atoms with Gasteiger partial charge in [0, 0.05) is 17.8 Å². The van der Waals surface area contributed by atoms with Crippen LogP contribution in [0.1, 0.15) is 15.9 Å². The van der Waals surface area contributed by atoms with E-state index in [1.807, 2.05) is 0 Å². The number of carbonyl (C=O) groups excluding carboxylic acids is 1. The first kappa shape index (κ1) is 11.8. The van der Waals surface area contributed by atoms with Crippen LogP contribution in [-0.2, 0) is 0 Å². The van der Waals surface area contributed by atoms with Crippen LogP contribution in [0.25, 0.3) is 5.69 Å². The second-order valence-corrected chi connectivity index (χ2v) is 3.84. The fourth-order valence-corrected chi connectivity index (χ4v) is 1.65. The lowest BCUT2D eigenvalue weighted by Gasteiger charge is -2.07. The van der Waals surface area contributed by atoms with Gasteiger partial charge < -0.3 is 5.73 Å². The first-order valence-electron chi connectivity index (χ1n) is 5.22. The SMILES string of the molecule is Cc1ccc(-n2ccc(=O)[nH]c2=O)cc1C(N)=O. The van der Waals surface area contributed by atoms with Gasteiger partial charge in [-0.3, -0.25) is 19.1 Å². The molecule has 18 heavy (non-hydrogen) atoms. The number of aromatic amines is 1. The summed E-state index contributed by atoms with van der Waals surface area (Å²) in [5, 5.41) is 0. The molecule has 0 fully saturated rings. The second kappa shape index (κ2) is 4.33. The molecule has 3 N–H and O–H groups in total. The Hall–Kier alpha value is -2.63. The number of primary amides is 1. The molecule has 1 amide bonds. The Labute approximate surface area is 102 Å². The molecule has 92 valence electrons. The van der Waals surface area contributed by atoms with Gasteiger partial charge in [0.05, 0.1) is 5.69 Å². The molecule has 0 bridgehead atoms. The molecule has 2 rings (SSSR count). The van der Waals surface area contributed by atoms with Gasteiger partial charge in [-0.25, -0.2) is 4.79 Å². The molecule has 0 atom stereocenters. The summed E-state index contributed by atoms with van der Waals surface area (Å²) < 4.78 is 1.23. The van der Waals surface area contributed by atoms with Crippen LogP contribution in [0.2, 0.25) is 0 Å². The predicted molar refractivity (Wildman–Crippen MR) is 65.9 cm³/mol. The molecule has 2 aromatic rings. The van der Waals surface area contributed by atoms with Crippen LogP contribution in [-0.4, -0.2) is 15.5 Å². The van der Waals surface area contributed by atoms with Crippen molar-refractivity contribution in [3.05, 3.63) is 62.4 Å². The molecule has 0 saturated heterocycles. The van der Waals surface area contributed by atoms with E-state index in [0.29, 0.717) is 11.3 Å². The van der Waals surface area contributed by atoms with Gasteiger partial charge in [0.25, 0.3) is 5.56 Å². The highest BCUT2D eigenvalue weighted by molar-refractivity contribution is 5.94. The summed E-state index contributed by atoms with van der Waals surface area (Å²) in [7, 11) is 0. The minimum atomic E-state index is -0.568. The topological polar surface area (TPSA) is 97.9 Å². The summed E-state index contributed by atoms with van der Waals surface area (Å²) >= 11 is 0. The van der Waals surface area contributed by atoms with Crippen molar-refractivity contribution in [2.75, 3.05) is 0 Å². The Morgan fingerprint density at radius 1 is 1.28 bits per heavy atom. The van der Waals surface area contributed by atoms with E-state index < -0.39 is 17.2 Å². The van der Waals surface area contributed by atoms with Gasteiger partial charge in [-0.2, -0.15) is 0 Å². The van der Waals surface area contributed by atoms with Crippen molar-refractivity contribution >= 4 is 5.91 Å². The lowest BCUT2D eigenvalue weighted by atomic mass is 10.1. The molecule has 6 nitrogen and oxygen atoms in total. The van der Waals surface area contributed by atoms with Gasteiger partial charge in [-0.05, 0) is 24.6 Å². The molecule has 0 aliphatic carbocycles. The minimum absolute atomic E-state index is 0.339. The Bertz CT molecular complexity index is 728. The number of nitrogens with one attached hydrogen (secondary N) is 1. The number of amides is 1. The van der Waals surface area contributed by atoms with Gasteiger partial charge in [-0.1, -0.05) is 6.07 Å². The zero-order chi connectivity index (χ0) is 13.3. The number of carbonyl (C=O) groups is 1. The number of H-pyrrole nitrogens is 1. The van der Waals surface area contributed by atoms with Crippen LogP contribution in [0, 0.1) is 6.92 Å². The molecule has 1 aromatic carbocycles. The molecule has 0 aliphatic rings. The molecule has 1 heterocycles. The predicted octanol–water partition coefficient (Wildman–Crippen LogP) is -0.0669. The summed E-state index contributed by atoms with van der Waals surface area (Å²) in [6.45, 7) is 1.75. The molecule has 0 aliphatic heterocycles. The van der Waals surface area contributed by atoms with Crippen LogP contribution in [0.5, 0.6) is 0 Å². The van der Waals surface area contributed by atoms with Gasteiger partial charge in [0.1, 0.15) is 0 Å². The Balaban J connectivity index is 2.65. The first-order valence-corrected chi connectivity index (χ1v) is 5.22. The quantitative estimate of drug-likeness (QED) is 0.775. The molecule has 0 unspecified atom stereocenters. The van der Waals surface area contributed by atoms with Gasteiger partial charge in [-0.15, -0.1) is 0 Å². The van der Waals surface area contributed by atoms with Crippen molar-refractivity contribution in [3.63, 3.8) is 0 Å². The third-order valence-corrected chi connectivity index (χ3v) is 2.59. The minimum Gasteiger partial charge on any atom is -0.366 e. The summed E-state index contributed by atoms with van der Waals surface area (Å²) in [6.07, 6.45) is 1.34. The third kappa shape index (κ3) is 2.08. The highest BCUT2D eigenvalue weighted by Crippen LogP contribution is 2.12. The summed E-state index contributed by atoms with van der Waals surface area (Å²) in [5.74, 6) is -0.563. The Kier molecular flexibility index (Phi) is 2.85. The maximum atomic E-state index is 11.6. The number of benzene rings is 1. The number of nitrogens with two attached hydrogens (primary N) is 1. The summed E-state index contributed by atoms with van der Waals surface area (Å²) in [4.78, 5) is 35.9. The standard InChI is InChI=1S/C12H11N3O3/c1-7-2-3-8(6-9(7)11(13)17)15-5-4-10(16)14-12(15)18/h2-6H,1H3,(H2,13,17)(H,14,16,18). The average Bonchev–Trinajstić information content (AvgIpc) is 2.30. The molecule has 0 radical (unpaired) electrons. The van der Waals surface area contributed by atoms with Crippen molar-refractivity contribution in [3.8, 4) is 5.69 Å². The van der Waals surface area contributed by atoms with Gasteiger partial charge in [0.2, 0.25) is 5.91 Å². The number of aromatic nitrogens is 2. The molecule has 1 aromatic heterocycles.